The highest BCUT2D eigenvalue weighted by molar-refractivity contribution is 5.79. The molecule has 0 spiro atoms. The lowest BCUT2D eigenvalue weighted by atomic mass is 9.96. The highest BCUT2D eigenvalue weighted by Crippen LogP contribution is 2.16. The Bertz CT molecular complexity index is 289. The van der Waals surface area contributed by atoms with Crippen molar-refractivity contribution in [2.45, 2.75) is 19.3 Å². The second-order valence-corrected chi connectivity index (χ2v) is 4.86. The first kappa shape index (κ1) is 15.9. The predicted molar refractivity (Wildman–Crippen MR) is 72.7 cm³/mol. The van der Waals surface area contributed by atoms with Crippen LogP contribution in [0, 0.1) is 5.92 Å². The molecule has 0 saturated carbocycles. The van der Waals surface area contributed by atoms with E-state index in [1.54, 1.807) is 14.2 Å². The monoisotopic (exact) mass is 271 g/mol. The lowest BCUT2D eigenvalue weighted by Gasteiger charge is -2.30. The van der Waals surface area contributed by atoms with Crippen molar-refractivity contribution in [1.82, 2.24) is 15.5 Å². The van der Waals surface area contributed by atoms with Crippen LogP contribution in [0.2, 0.25) is 0 Å². The number of nitrogens with one attached hydrogen (secondary N) is 2. The molecule has 1 fully saturated rings. The van der Waals surface area contributed by atoms with Crippen LogP contribution in [0.1, 0.15) is 19.3 Å². The Morgan fingerprint density at radius 1 is 1.32 bits per heavy atom. The summed E-state index contributed by atoms with van der Waals surface area (Å²) < 4.78 is 4.92. The molecule has 1 aliphatic rings. The van der Waals surface area contributed by atoms with Crippen LogP contribution >= 0.6 is 0 Å². The number of rotatable bonds is 7. The highest BCUT2D eigenvalue weighted by atomic mass is 16.5. The van der Waals surface area contributed by atoms with Gasteiger partial charge in [-0.15, -0.1) is 0 Å². The first-order valence-electron chi connectivity index (χ1n) is 6.87. The van der Waals surface area contributed by atoms with Gasteiger partial charge < -0.3 is 15.4 Å². The SMILES string of the molecule is CNC(=O)C1CCN(CC(=O)NCCCOC)CC1. The van der Waals surface area contributed by atoms with Crippen LogP contribution < -0.4 is 10.6 Å². The van der Waals surface area contributed by atoms with Crippen LogP contribution in [0.5, 0.6) is 0 Å². The van der Waals surface area contributed by atoms with E-state index in [0.717, 1.165) is 32.4 Å². The van der Waals surface area contributed by atoms with Gasteiger partial charge in [0.2, 0.25) is 11.8 Å². The summed E-state index contributed by atoms with van der Waals surface area (Å²) in [4.78, 5) is 25.3. The van der Waals surface area contributed by atoms with Gasteiger partial charge in [0.05, 0.1) is 6.54 Å². The predicted octanol–water partition coefficient (Wildman–Crippen LogP) is -0.403. The van der Waals surface area contributed by atoms with E-state index in [1.165, 1.54) is 0 Å². The van der Waals surface area contributed by atoms with Crippen molar-refractivity contribution in [1.29, 1.82) is 0 Å². The molecule has 0 aromatic rings. The molecule has 0 radical (unpaired) electrons. The third-order valence-corrected chi connectivity index (χ3v) is 3.42. The molecule has 2 amide bonds. The number of nitrogens with zero attached hydrogens (tertiary/aromatic N) is 1. The molecule has 0 aromatic heterocycles. The van der Waals surface area contributed by atoms with Crippen molar-refractivity contribution in [2.24, 2.45) is 5.92 Å². The molecular weight excluding hydrogens is 246 g/mol. The number of hydrogen-bond donors (Lipinski definition) is 2. The Morgan fingerprint density at radius 3 is 2.58 bits per heavy atom. The van der Waals surface area contributed by atoms with Crippen LogP contribution in [0.4, 0.5) is 0 Å². The van der Waals surface area contributed by atoms with Crippen LogP contribution in [0.15, 0.2) is 0 Å². The Labute approximate surface area is 114 Å². The van der Waals surface area contributed by atoms with E-state index < -0.39 is 0 Å². The van der Waals surface area contributed by atoms with E-state index in [0.29, 0.717) is 19.7 Å². The van der Waals surface area contributed by atoms with Crippen molar-refractivity contribution in [2.75, 3.05) is 46.9 Å². The summed E-state index contributed by atoms with van der Waals surface area (Å²) in [6.45, 7) is 3.36. The second kappa shape index (κ2) is 8.87. The Kier molecular flexibility index (Phi) is 7.43. The summed E-state index contributed by atoms with van der Waals surface area (Å²) in [5, 5.41) is 5.55. The lowest BCUT2D eigenvalue weighted by molar-refractivity contribution is -0.126. The maximum absolute atomic E-state index is 11.7. The van der Waals surface area contributed by atoms with E-state index in [1.807, 2.05) is 0 Å². The summed E-state index contributed by atoms with van der Waals surface area (Å²) >= 11 is 0. The average molecular weight is 271 g/mol. The van der Waals surface area contributed by atoms with E-state index >= 15 is 0 Å². The number of hydrogen-bond acceptors (Lipinski definition) is 4. The van der Waals surface area contributed by atoms with Crippen LogP contribution in [0.25, 0.3) is 0 Å². The molecule has 1 rings (SSSR count). The zero-order chi connectivity index (χ0) is 14.1. The third kappa shape index (κ3) is 6.02. The van der Waals surface area contributed by atoms with Gasteiger partial charge in [0.25, 0.3) is 0 Å². The summed E-state index contributed by atoms with van der Waals surface area (Å²) in [6, 6.07) is 0. The molecule has 0 unspecified atom stereocenters. The number of likely N-dealkylation sites (tertiary alicyclic amines) is 1. The number of ether oxygens (including phenoxy) is 1. The number of amides is 2. The highest BCUT2D eigenvalue weighted by Gasteiger charge is 2.24. The summed E-state index contributed by atoms with van der Waals surface area (Å²) in [6.07, 6.45) is 2.49. The third-order valence-electron chi connectivity index (χ3n) is 3.42. The maximum atomic E-state index is 11.7. The first-order chi connectivity index (χ1) is 9.17. The van der Waals surface area contributed by atoms with E-state index in [9.17, 15) is 9.59 Å². The number of carbonyl (C=O) groups excluding carboxylic acids is 2. The molecule has 6 nitrogen and oxygen atoms in total. The molecule has 2 N–H and O–H groups in total. The van der Waals surface area contributed by atoms with Gasteiger partial charge in [0.1, 0.15) is 0 Å². The fourth-order valence-electron chi connectivity index (χ4n) is 2.26. The summed E-state index contributed by atoms with van der Waals surface area (Å²) in [5.41, 5.74) is 0. The van der Waals surface area contributed by atoms with Crippen LogP contribution in [-0.2, 0) is 14.3 Å². The van der Waals surface area contributed by atoms with E-state index in [2.05, 4.69) is 15.5 Å². The molecule has 0 atom stereocenters. The molecule has 1 heterocycles. The standard InChI is InChI=1S/C13H25N3O3/c1-14-13(18)11-4-7-16(8-5-11)10-12(17)15-6-3-9-19-2/h11H,3-10H2,1-2H3,(H,14,18)(H,15,17). The van der Waals surface area contributed by atoms with Crippen molar-refractivity contribution < 1.29 is 14.3 Å². The van der Waals surface area contributed by atoms with Gasteiger partial charge in [-0.05, 0) is 32.4 Å². The van der Waals surface area contributed by atoms with Gasteiger partial charge in [0.15, 0.2) is 0 Å². The molecule has 0 aromatic carbocycles. The van der Waals surface area contributed by atoms with Gasteiger partial charge in [-0.25, -0.2) is 0 Å². The zero-order valence-electron chi connectivity index (χ0n) is 11.9. The molecular formula is C13H25N3O3. The lowest BCUT2D eigenvalue weighted by Crippen LogP contribution is -2.44. The van der Waals surface area contributed by atoms with Crippen LogP contribution in [0.3, 0.4) is 0 Å². The van der Waals surface area contributed by atoms with E-state index in [-0.39, 0.29) is 17.7 Å². The van der Waals surface area contributed by atoms with Crippen molar-refractivity contribution in [3.05, 3.63) is 0 Å². The van der Waals surface area contributed by atoms with Crippen LogP contribution in [-0.4, -0.2) is 63.7 Å². The Balaban J connectivity index is 2.14. The molecule has 0 aliphatic carbocycles. The number of piperidine rings is 1. The fraction of sp³-hybridized carbons (Fsp3) is 0.846. The van der Waals surface area contributed by atoms with Crippen molar-refractivity contribution in [3.8, 4) is 0 Å². The second-order valence-electron chi connectivity index (χ2n) is 4.86. The maximum Gasteiger partial charge on any atom is 0.234 e. The van der Waals surface area contributed by atoms with E-state index in [4.69, 9.17) is 4.74 Å². The van der Waals surface area contributed by atoms with Gasteiger partial charge in [-0.3, -0.25) is 14.5 Å². The minimum Gasteiger partial charge on any atom is -0.385 e. The topological polar surface area (TPSA) is 70.7 Å². The van der Waals surface area contributed by atoms with Gasteiger partial charge in [0, 0.05) is 33.2 Å². The summed E-state index contributed by atoms with van der Waals surface area (Å²) in [5.74, 6) is 0.268. The molecule has 0 bridgehead atoms. The average Bonchev–Trinajstić information content (AvgIpc) is 2.43. The molecule has 19 heavy (non-hydrogen) atoms. The quantitative estimate of drug-likeness (QED) is 0.618. The molecule has 110 valence electrons. The Morgan fingerprint density at radius 2 is 2.00 bits per heavy atom. The Hall–Kier alpha value is -1.14. The smallest absolute Gasteiger partial charge is 0.234 e. The first-order valence-corrected chi connectivity index (χ1v) is 6.87. The minimum absolute atomic E-state index is 0.0505. The van der Waals surface area contributed by atoms with Gasteiger partial charge in [-0.2, -0.15) is 0 Å². The molecule has 6 heteroatoms. The van der Waals surface area contributed by atoms with Gasteiger partial charge >= 0.3 is 0 Å². The van der Waals surface area contributed by atoms with Crippen molar-refractivity contribution in [3.63, 3.8) is 0 Å². The largest absolute Gasteiger partial charge is 0.385 e. The minimum atomic E-state index is 0.0505. The van der Waals surface area contributed by atoms with Gasteiger partial charge in [-0.1, -0.05) is 0 Å². The number of carbonyl (C=O) groups is 2. The normalized spacial score (nSPS) is 17.2. The fourth-order valence-corrected chi connectivity index (χ4v) is 2.26. The number of methoxy groups -OCH3 is 1. The molecule has 1 aliphatic heterocycles. The summed E-state index contributed by atoms with van der Waals surface area (Å²) in [7, 11) is 3.32. The zero-order valence-corrected chi connectivity index (χ0v) is 11.9. The van der Waals surface area contributed by atoms with Crippen molar-refractivity contribution >= 4 is 11.8 Å². The molecule has 1 saturated heterocycles.